The maximum absolute atomic E-state index is 12.2. The highest BCUT2D eigenvalue weighted by atomic mass is 32.2. The molecule has 0 spiro atoms. The first-order valence-corrected chi connectivity index (χ1v) is 9.11. The first kappa shape index (κ1) is 16.2. The molecule has 124 valence electrons. The van der Waals surface area contributed by atoms with Crippen LogP contribution in [-0.4, -0.2) is 30.2 Å². The van der Waals surface area contributed by atoms with Crippen LogP contribution in [0.15, 0.2) is 29.2 Å². The van der Waals surface area contributed by atoms with Crippen LogP contribution < -0.4 is 15.8 Å². The van der Waals surface area contributed by atoms with Crippen LogP contribution in [0.25, 0.3) is 0 Å². The Morgan fingerprint density at radius 2 is 2.00 bits per heavy atom. The van der Waals surface area contributed by atoms with Crippen molar-refractivity contribution >= 4 is 29.3 Å². The molecule has 5 nitrogen and oxygen atoms in total. The molecular weight excluding hydrogens is 310 g/mol. The molecule has 1 aliphatic heterocycles. The lowest BCUT2D eigenvalue weighted by atomic mass is 9.85. The highest BCUT2D eigenvalue weighted by Crippen LogP contribution is 2.36. The SMILES string of the molecule is C[C@H]1CCN(CC(=O)NNC(=O)C2CCC2)c2ccccc2S1. The minimum atomic E-state index is -0.174. The minimum absolute atomic E-state index is 0.0648. The summed E-state index contributed by atoms with van der Waals surface area (Å²) in [7, 11) is 0. The van der Waals surface area contributed by atoms with E-state index in [1.165, 1.54) is 4.90 Å². The van der Waals surface area contributed by atoms with E-state index in [0.717, 1.165) is 37.9 Å². The van der Waals surface area contributed by atoms with Crippen molar-refractivity contribution in [3.8, 4) is 0 Å². The molecular formula is C17H23N3O2S. The molecule has 2 amide bonds. The number of fused-ring (bicyclic) bond motifs is 1. The number of hydrazine groups is 1. The Balaban J connectivity index is 1.58. The molecule has 0 bridgehead atoms. The average molecular weight is 333 g/mol. The zero-order chi connectivity index (χ0) is 16.2. The van der Waals surface area contributed by atoms with Crippen molar-refractivity contribution in [2.24, 2.45) is 5.92 Å². The lowest BCUT2D eigenvalue weighted by Gasteiger charge is -2.26. The second kappa shape index (κ2) is 7.25. The van der Waals surface area contributed by atoms with Crippen LogP contribution in [0, 0.1) is 5.92 Å². The molecule has 1 atom stereocenters. The van der Waals surface area contributed by atoms with E-state index in [4.69, 9.17) is 0 Å². The highest BCUT2D eigenvalue weighted by molar-refractivity contribution is 8.00. The topological polar surface area (TPSA) is 61.4 Å². The van der Waals surface area contributed by atoms with Crippen LogP contribution in [0.4, 0.5) is 5.69 Å². The fourth-order valence-corrected chi connectivity index (χ4v) is 3.96. The molecule has 1 aromatic carbocycles. The number of hydrogen-bond donors (Lipinski definition) is 2. The fraction of sp³-hybridized carbons (Fsp3) is 0.529. The third-order valence-electron chi connectivity index (χ3n) is 4.48. The number of hydrogen-bond acceptors (Lipinski definition) is 4. The molecule has 0 unspecified atom stereocenters. The molecule has 6 heteroatoms. The van der Waals surface area contributed by atoms with E-state index in [1.54, 1.807) is 0 Å². The summed E-state index contributed by atoms with van der Waals surface area (Å²) >= 11 is 1.85. The standard InChI is InChI=1S/C17H23N3O2S/c1-12-9-10-20(14-7-2-3-8-15(14)23-12)11-16(21)18-19-17(22)13-5-4-6-13/h2-3,7-8,12-13H,4-6,9-11H2,1H3,(H,18,21)(H,19,22)/t12-/m0/s1. The summed E-state index contributed by atoms with van der Waals surface area (Å²) in [5.74, 6) is -0.163. The number of rotatable bonds is 3. The largest absolute Gasteiger partial charge is 0.361 e. The third-order valence-corrected chi connectivity index (χ3v) is 5.71. The molecule has 2 aliphatic rings. The zero-order valence-corrected chi connectivity index (χ0v) is 14.2. The summed E-state index contributed by atoms with van der Waals surface area (Å²) < 4.78 is 0. The highest BCUT2D eigenvalue weighted by Gasteiger charge is 2.26. The summed E-state index contributed by atoms with van der Waals surface area (Å²) in [6, 6.07) is 8.19. The number of nitrogens with one attached hydrogen (secondary N) is 2. The Kier molecular flexibility index (Phi) is 5.10. The van der Waals surface area contributed by atoms with Crippen LogP contribution in [0.2, 0.25) is 0 Å². The summed E-state index contributed by atoms with van der Waals surface area (Å²) in [6.07, 6.45) is 3.99. The van der Waals surface area contributed by atoms with Gasteiger partial charge in [-0.25, -0.2) is 0 Å². The second-order valence-corrected chi connectivity index (χ2v) is 7.75. The minimum Gasteiger partial charge on any atom is -0.361 e. The monoisotopic (exact) mass is 333 g/mol. The van der Waals surface area contributed by atoms with E-state index < -0.39 is 0 Å². The van der Waals surface area contributed by atoms with Gasteiger partial charge in [-0.1, -0.05) is 25.5 Å². The number of amides is 2. The van der Waals surface area contributed by atoms with Gasteiger partial charge in [-0.3, -0.25) is 20.4 Å². The number of para-hydroxylation sites is 1. The van der Waals surface area contributed by atoms with Crippen molar-refractivity contribution < 1.29 is 9.59 Å². The summed E-state index contributed by atoms with van der Waals surface area (Å²) in [5, 5.41) is 0.530. The Morgan fingerprint density at radius 3 is 2.74 bits per heavy atom. The molecule has 1 fully saturated rings. The van der Waals surface area contributed by atoms with Crippen molar-refractivity contribution in [2.75, 3.05) is 18.0 Å². The number of benzene rings is 1. The summed E-state index contributed by atoms with van der Waals surface area (Å²) in [5.41, 5.74) is 6.21. The van der Waals surface area contributed by atoms with Crippen molar-refractivity contribution in [1.29, 1.82) is 0 Å². The van der Waals surface area contributed by atoms with Crippen LogP contribution >= 0.6 is 11.8 Å². The molecule has 1 heterocycles. The maximum atomic E-state index is 12.2. The van der Waals surface area contributed by atoms with Gasteiger partial charge in [-0.2, -0.15) is 0 Å². The van der Waals surface area contributed by atoms with E-state index in [9.17, 15) is 9.59 Å². The van der Waals surface area contributed by atoms with Gasteiger partial charge < -0.3 is 4.90 Å². The van der Waals surface area contributed by atoms with E-state index in [-0.39, 0.29) is 24.3 Å². The second-order valence-electron chi connectivity index (χ2n) is 6.27. The number of carbonyl (C=O) groups excluding carboxylic acids is 2. The molecule has 0 aromatic heterocycles. The Morgan fingerprint density at radius 1 is 1.22 bits per heavy atom. The van der Waals surface area contributed by atoms with Crippen LogP contribution in [-0.2, 0) is 9.59 Å². The van der Waals surface area contributed by atoms with Gasteiger partial charge >= 0.3 is 0 Å². The maximum Gasteiger partial charge on any atom is 0.257 e. The quantitative estimate of drug-likeness (QED) is 0.834. The van der Waals surface area contributed by atoms with Crippen LogP contribution in [0.5, 0.6) is 0 Å². The molecule has 2 N–H and O–H groups in total. The fourth-order valence-electron chi connectivity index (χ4n) is 2.83. The molecule has 1 aliphatic carbocycles. The number of carbonyl (C=O) groups is 2. The summed E-state index contributed by atoms with van der Waals surface area (Å²) in [4.78, 5) is 27.3. The van der Waals surface area contributed by atoms with Crippen molar-refractivity contribution in [1.82, 2.24) is 10.9 Å². The van der Waals surface area contributed by atoms with E-state index in [0.29, 0.717) is 5.25 Å². The van der Waals surface area contributed by atoms with Crippen molar-refractivity contribution in [2.45, 2.75) is 42.8 Å². The van der Waals surface area contributed by atoms with Gasteiger partial charge in [0, 0.05) is 22.6 Å². The molecule has 1 saturated carbocycles. The number of anilines is 1. The normalized spacial score (nSPS) is 20.9. The van der Waals surface area contributed by atoms with E-state index in [1.807, 2.05) is 23.9 Å². The summed E-state index contributed by atoms with van der Waals surface area (Å²) in [6.45, 7) is 3.31. The van der Waals surface area contributed by atoms with Gasteiger partial charge in [0.05, 0.1) is 12.2 Å². The van der Waals surface area contributed by atoms with Gasteiger partial charge in [-0.15, -0.1) is 11.8 Å². The smallest absolute Gasteiger partial charge is 0.257 e. The number of thioether (sulfide) groups is 1. The first-order valence-electron chi connectivity index (χ1n) is 8.23. The predicted octanol–water partition coefficient (Wildman–Crippen LogP) is 2.32. The average Bonchev–Trinajstić information content (AvgIpc) is 2.63. The lowest BCUT2D eigenvalue weighted by Crippen LogP contribution is -2.49. The first-order chi connectivity index (χ1) is 11.1. The molecule has 0 radical (unpaired) electrons. The van der Waals surface area contributed by atoms with Gasteiger partial charge in [0.1, 0.15) is 0 Å². The van der Waals surface area contributed by atoms with Gasteiger partial charge in [0.15, 0.2) is 0 Å². The van der Waals surface area contributed by atoms with Gasteiger partial charge in [0.25, 0.3) is 5.91 Å². The number of nitrogens with zero attached hydrogens (tertiary/aromatic N) is 1. The predicted molar refractivity (Wildman–Crippen MR) is 92.2 cm³/mol. The van der Waals surface area contributed by atoms with Gasteiger partial charge in [0.2, 0.25) is 5.91 Å². The Bertz CT molecular complexity index is 589. The van der Waals surface area contributed by atoms with Crippen LogP contribution in [0.3, 0.4) is 0 Å². The molecule has 0 saturated heterocycles. The molecule has 3 rings (SSSR count). The zero-order valence-electron chi connectivity index (χ0n) is 13.4. The van der Waals surface area contributed by atoms with Crippen molar-refractivity contribution in [3.63, 3.8) is 0 Å². The molecule has 23 heavy (non-hydrogen) atoms. The van der Waals surface area contributed by atoms with E-state index >= 15 is 0 Å². The van der Waals surface area contributed by atoms with Crippen LogP contribution in [0.1, 0.15) is 32.6 Å². The molecule has 1 aromatic rings. The van der Waals surface area contributed by atoms with Crippen molar-refractivity contribution in [3.05, 3.63) is 24.3 Å². The lowest BCUT2D eigenvalue weighted by molar-refractivity contribution is -0.132. The van der Waals surface area contributed by atoms with E-state index in [2.05, 4.69) is 34.8 Å². The Labute approximate surface area is 141 Å². The third kappa shape index (κ3) is 3.99. The van der Waals surface area contributed by atoms with Gasteiger partial charge in [-0.05, 0) is 31.4 Å². The Hall–Kier alpha value is -1.69.